The number of rotatable bonds is 1. The van der Waals surface area contributed by atoms with Gasteiger partial charge >= 0.3 is 0 Å². The van der Waals surface area contributed by atoms with Crippen LogP contribution in [-0.2, 0) is 0 Å². The monoisotopic (exact) mass is 342 g/mol. The highest BCUT2D eigenvalue weighted by atomic mass is 16.4. The highest BCUT2D eigenvalue weighted by Crippen LogP contribution is 2.67. The minimum Gasteiger partial charge on any atom is -0.411 e. The van der Waals surface area contributed by atoms with Crippen LogP contribution in [0.3, 0.4) is 0 Å². The minimum absolute atomic E-state index is 0.103. The lowest BCUT2D eigenvalue weighted by atomic mass is 9.46. The third-order valence-electron chi connectivity index (χ3n) is 8.80. The molecule has 0 aliphatic heterocycles. The molecular weight excluding hydrogens is 312 g/mol. The molecule has 4 heteroatoms. The van der Waals surface area contributed by atoms with Crippen LogP contribution in [0.2, 0.25) is 0 Å². The van der Waals surface area contributed by atoms with Crippen molar-refractivity contribution in [3.05, 3.63) is 11.6 Å². The summed E-state index contributed by atoms with van der Waals surface area (Å²) in [6, 6.07) is 2.25. The molecule has 4 aliphatic rings. The SMILES string of the molecule is C[C@]12CC/C(=N/O)C=C1CC[C@@H]1[C@@H]2CC[C@@]2(C)[C@H]1CC[C@@]2(O)CC#N. The number of fused-ring (bicyclic) bond motifs is 5. The number of hydrogen-bond donors (Lipinski definition) is 2. The summed E-state index contributed by atoms with van der Waals surface area (Å²) < 4.78 is 0. The molecule has 6 atom stereocenters. The van der Waals surface area contributed by atoms with E-state index in [9.17, 15) is 10.4 Å². The topological polar surface area (TPSA) is 76.6 Å². The fourth-order valence-corrected chi connectivity index (χ4v) is 7.18. The Labute approximate surface area is 150 Å². The van der Waals surface area contributed by atoms with Crippen LogP contribution in [0.1, 0.15) is 71.6 Å². The van der Waals surface area contributed by atoms with E-state index in [-0.39, 0.29) is 17.3 Å². The predicted octanol–water partition coefficient (Wildman–Crippen LogP) is 4.42. The highest BCUT2D eigenvalue weighted by Gasteiger charge is 2.63. The van der Waals surface area contributed by atoms with Gasteiger partial charge in [-0.2, -0.15) is 5.26 Å². The van der Waals surface area contributed by atoms with Crippen molar-refractivity contribution < 1.29 is 10.3 Å². The predicted molar refractivity (Wildman–Crippen MR) is 96.1 cm³/mol. The highest BCUT2D eigenvalue weighted by molar-refractivity contribution is 5.96. The van der Waals surface area contributed by atoms with E-state index in [1.54, 1.807) is 0 Å². The average Bonchev–Trinajstić information content (AvgIpc) is 2.86. The van der Waals surface area contributed by atoms with Gasteiger partial charge in [0, 0.05) is 5.41 Å². The average molecular weight is 342 g/mol. The Morgan fingerprint density at radius 3 is 2.64 bits per heavy atom. The molecular formula is C21H30N2O2. The van der Waals surface area contributed by atoms with Crippen molar-refractivity contribution in [2.75, 3.05) is 0 Å². The fourth-order valence-electron chi connectivity index (χ4n) is 7.18. The van der Waals surface area contributed by atoms with E-state index < -0.39 is 5.60 Å². The van der Waals surface area contributed by atoms with Crippen LogP contribution in [0, 0.1) is 39.9 Å². The number of nitrogens with zero attached hydrogens (tertiary/aromatic N) is 2. The summed E-state index contributed by atoms with van der Waals surface area (Å²) in [7, 11) is 0. The van der Waals surface area contributed by atoms with Crippen molar-refractivity contribution in [2.45, 2.75) is 77.2 Å². The Morgan fingerprint density at radius 1 is 1.16 bits per heavy atom. The summed E-state index contributed by atoms with van der Waals surface area (Å²) in [6.45, 7) is 4.67. The Morgan fingerprint density at radius 2 is 1.92 bits per heavy atom. The number of nitriles is 1. The van der Waals surface area contributed by atoms with Crippen molar-refractivity contribution in [3.63, 3.8) is 0 Å². The third-order valence-corrected chi connectivity index (χ3v) is 8.80. The van der Waals surface area contributed by atoms with Crippen LogP contribution >= 0.6 is 0 Å². The van der Waals surface area contributed by atoms with E-state index in [0.717, 1.165) is 50.7 Å². The van der Waals surface area contributed by atoms with E-state index >= 15 is 0 Å². The standard InChI is InChI=1S/C21H30N2O2/c1-19-8-5-15(23-25)13-14(19)3-4-16-17(19)6-9-20(2)18(16)7-10-21(20,24)11-12-22/h13,16-18,24-25H,3-11H2,1-2H3/b23-15-/t16-,17+,18+,19+,20+,21-/m1/s1. The molecule has 0 spiro atoms. The maximum absolute atomic E-state index is 11.2. The van der Waals surface area contributed by atoms with Gasteiger partial charge in [0.25, 0.3) is 0 Å². The molecule has 2 N–H and O–H groups in total. The van der Waals surface area contributed by atoms with Gasteiger partial charge in [-0.1, -0.05) is 24.6 Å². The smallest absolute Gasteiger partial charge is 0.0833 e. The van der Waals surface area contributed by atoms with Crippen LogP contribution in [0.4, 0.5) is 0 Å². The lowest BCUT2D eigenvalue weighted by molar-refractivity contribution is -0.123. The normalized spacial score (nSPS) is 50.4. The van der Waals surface area contributed by atoms with Crippen molar-refractivity contribution in [2.24, 2.45) is 33.7 Å². The Bertz CT molecular complexity index is 678. The first-order chi connectivity index (χ1) is 11.9. The van der Waals surface area contributed by atoms with Crippen LogP contribution in [0.25, 0.3) is 0 Å². The van der Waals surface area contributed by atoms with Gasteiger partial charge < -0.3 is 10.3 Å². The maximum atomic E-state index is 11.2. The maximum Gasteiger partial charge on any atom is 0.0833 e. The molecule has 0 radical (unpaired) electrons. The zero-order chi connectivity index (χ0) is 17.9. The van der Waals surface area contributed by atoms with Crippen LogP contribution in [0.5, 0.6) is 0 Å². The second-order valence-electron chi connectivity index (χ2n) is 9.46. The molecule has 25 heavy (non-hydrogen) atoms. The lowest BCUT2D eigenvalue weighted by Crippen LogP contribution is -2.54. The molecule has 0 unspecified atom stereocenters. The van der Waals surface area contributed by atoms with Gasteiger partial charge in [-0.05, 0) is 80.6 Å². The molecule has 4 nitrogen and oxygen atoms in total. The molecule has 3 fully saturated rings. The fraction of sp³-hybridized carbons (Fsp3) is 0.810. The second kappa shape index (κ2) is 5.58. The number of allylic oxidation sites excluding steroid dienone is 2. The summed E-state index contributed by atoms with van der Waals surface area (Å²) in [5.41, 5.74) is 1.62. The summed E-state index contributed by atoms with van der Waals surface area (Å²) in [5.74, 6) is 1.85. The van der Waals surface area contributed by atoms with E-state index in [4.69, 9.17) is 5.21 Å². The first kappa shape index (κ1) is 17.1. The molecule has 0 aromatic rings. The quantitative estimate of drug-likeness (QED) is 0.547. The molecule has 0 heterocycles. The second-order valence-corrected chi connectivity index (χ2v) is 9.46. The van der Waals surface area contributed by atoms with Gasteiger partial charge in [0.2, 0.25) is 0 Å². The van der Waals surface area contributed by atoms with Crippen molar-refractivity contribution in [1.82, 2.24) is 0 Å². The molecule has 0 aromatic carbocycles. The molecule has 0 aromatic heterocycles. The zero-order valence-electron chi connectivity index (χ0n) is 15.5. The van der Waals surface area contributed by atoms with Gasteiger partial charge in [-0.15, -0.1) is 0 Å². The molecule has 0 bridgehead atoms. The zero-order valence-corrected chi connectivity index (χ0v) is 15.5. The summed E-state index contributed by atoms with van der Waals surface area (Å²) in [5, 5.41) is 33.1. The van der Waals surface area contributed by atoms with E-state index in [0.29, 0.717) is 17.8 Å². The Hall–Kier alpha value is -1.34. The summed E-state index contributed by atoms with van der Waals surface area (Å²) in [6.07, 6.45) is 10.6. The molecule has 0 saturated heterocycles. The number of aliphatic hydroxyl groups is 1. The number of oxime groups is 1. The van der Waals surface area contributed by atoms with E-state index in [1.165, 1.54) is 12.0 Å². The first-order valence-electron chi connectivity index (χ1n) is 9.89. The lowest BCUT2D eigenvalue weighted by Gasteiger charge is -2.59. The summed E-state index contributed by atoms with van der Waals surface area (Å²) >= 11 is 0. The van der Waals surface area contributed by atoms with Crippen LogP contribution in [-0.4, -0.2) is 21.6 Å². The summed E-state index contributed by atoms with van der Waals surface area (Å²) in [4.78, 5) is 0. The molecule has 136 valence electrons. The van der Waals surface area contributed by atoms with Crippen LogP contribution < -0.4 is 0 Å². The van der Waals surface area contributed by atoms with Crippen LogP contribution in [0.15, 0.2) is 16.8 Å². The first-order valence-corrected chi connectivity index (χ1v) is 9.89. The number of hydrogen-bond acceptors (Lipinski definition) is 4. The van der Waals surface area contributed by atoms with Crippen molar-refractivity contribution in [1.29, 1.82) is 5.26 Å². The van der Waals surface area contributed by atoms with Crippen molar-refractivity contribution >= 4 is 5.71 Å². The van der Waals surface area contributed by atoms with Gasteiger partial charge in [0.1, 0.15) is 0 Å². The third kappa shape index (κ3) is 2.18. The van der Waals surface area contributed by atoms with Gasteiger partial charge in [0.05, 0.1) is 23.8 Å². The largest absolute Gasteiger partial charge is 0.411 e. The molecule has 4 rings (SSSR count). The van der Waals surface area contributed by atoms with E-state index in [1.807, 2.05) is 0 Å². The Balaban J connectivity index is 1.66. The van der Waals surface area contributed by atoms with Gasteiger partial charge in [-0.25, -0.2) is 0 Å². The Kier molecular flexibility index (Phi) is 3.81. The van der Waals surface area contributed by atoms with Gasteiger partial charge in [0.15, 0.2) is 0 Å². The molecule has 4 aliphatic carbocycles. The minimum atomic E-state index is -0.794. The van der Waals surface area contributed by atoms with E-state index in [2.05, 4.69) is 31.1 Å². The molecule has 0 amide bonds. The van der Waals surface area contributed by atoms with Gasteiger partial charge in [-0.3, -0.25) is 0 Å². The molecule has 3 saturated carbocycles. The van der Waals surface area contributed by atoms with Crippen molar-refractivity contribution in [3.8, 4) is 6.07 Å².